The van der Waals surface area contributed by atoms with Gasteiger partial charge in [-0.2, -0.15) is 0 Å². The Balaban J connectivity index is 2.49. The molecule has 0 aromatic carbocycles. The fourth-order valence-corrected chi connectivity index (χ4v) is 3.22. The quantitative estimate of drug-likeness (QED) is 0.668. The third-order valence-electron chi connectivity index (χ3n) is 2.17. The first-order valence-corrected chi connectivity index (χ1v) is 6.44. The van der Waals surface area contributed by atoms with Crippen LogP contribution >= 0.6 is 38.9 Å². The van der Waals surface area contributed by atoms with Gasteiger partial charge < -0.3 is 0 Å². The van der Waals surface area contributed by atoms with Crippen LogP contribution in [0.2, 0.25) is 5.02 Å². The molecule has 0 saturated carbocycles. The first-order valence-electron chi connectivity index (χ1n) is 4.39. The van der Waals surface area contributed by atoms with Gasteiger partial charge in [0.05, 0.1) is 10.7 Å². The number of aryl methyl sites for hydroxylation is 1. The van der Waals surface area contributed by atoms with Gasteiger partial charge in [-0.25, -0.2) is 10.1 Å². The van der Waals surface area contributed by atoms with E-state index in [2.05, 4.69) is 31.7 Å². The van der Waals surface area contributed by atoms with E-state index in [9.17, 15) is 0 Å². The molecule has 0 aliphatic heterocycles. The number of hydrogen-bond acceptors (Lipinski definition) is 5. The fourth-order valence-electron chi connectivity index (χ4n) is 1.44. The summed E-state index contributed by atoms with van der Waals surface area (Å²) in [5, 5.41) is 10.4. The molecular formula is C8H9BrClN5S. The van der Waals surface area contributed by atoms with Crippen molar-refractivity contribution in [3.8, 4) is 0 Å². The zero-order valence-corrected chi connectivity index (χ0v) is 11.5. The molecule has 5 nitrogen and oxygen atoms in total. The van der Waals surface area contributed by atoms with Crippen LogP contribution in [0.15, 0.2) is 16.0 Å². The summed E-state index contributed by atoms with van der Waals surface area (Å²) in [6, 6.07) is 1.62. The van der Waals surface area contributed by atoms with Crippen LogP contribution in [0, 0.1) is 0 Å². The smallest absolute Gasteiger partial charge is 0.153 e. The average molecular weight is 323 g/mol. The Morgan fingerprint density at radius 1 is 1.69 bits per heavy atom. The summed E-state index contributed by atoms with van der Waals surface area (Å²) < 4.78 is 2.31. The van der Waals surface area contributed by atoms with Gasteiger partial charge in [0, 0.05) is 11.9 Å². The molecule has 16 heavy (non-hydrogen) atoms. The van der Waals surface area contributed by atoms with Gasteiger partial charge in [-0.05, 0) is 27.4 Å². The second-order valence-corrected chi connectivity index (χ2v) is 5.23. The van der Waals surface area contributed by atoms with E-state index in [4.69, 9.17) is 17.4 Å². The Hall–Kier alpha value is -0.470. The highest BCUT2D eigenvalue weighted by atomic mass is 79.9. The topological polar surface area (TPSA) is 68.8 Å². The van der Waals surface area contributed by atoms with Crippen molar-refractivity contribution in [2.45, 2.75) is 6.04 Å². The second kappa shape index (κ2) is 4.80. The largest absolute Gasteiger partial charge is 0.270 e. The van der Waals surface area contributed by atoms with Crippen LogP contribution in [-0.2, 0) is 7.05 Å². The first-order chi connectivity index (χ1) is 7.65. The van der Waals surface area contributed by atoms with Crippen LogP contribution in [0.4, 0.5) is 0 Å². The summed E-state index contributed by atoms with van der Waals surface area (Å²) in [4.78, 5) is 0.940. The normalized spacial score (nSPS) is 13.0. The van der Waals surface area contributed by atoms with Gasteiger partial charge in [0.15, 0.2) is 4.60 Å². The van der Waals surface area contributed by atoms with E-state index in [1.54, 1.807) is 11.7 Å². The summed E-state index contributed by atoms with van der Waals surface area (Å²) in [5.74, 6) is 5.57. The van der Waals surface area contributed by atoms with E-state index in [0.29, 0.717) is 9.63 Å². The summed E-state index contributed by atoms with van der Waals surface area (Å²) in [5.41, 5.74) is 3.56. The maximum Gasteiger partial charge on any atom is 0.153 e. The molecule has 0 aliphatic rings. The minimum absolute atomic E-state index is 0.220. The predicted octanol–water partition coefficient (Wildman–Crippen LogP) is 1.85. The Morgan fingerprint density at radius 3 is 2.88 bits per heavy atom. The van der Waals surface area contributed by atoms with Crippen molar-refractivity contribution in [3.05, 3.63) is 31.6 Å². The maximum absolute atomic E-state index is 6.08. The van der Waals surface area contributed by atoms with E-state index in [1.165, 1.54) is 11.3 Å². The van der Waals surface area contributed by atoms with E-state index in [1.807, 2.05) is 11.4 Å². The van der Waals surface area contributed by atoms with Gasteiger partial charge in [0.2, 0.25) is 0 Å². The van der Waals surface area contributed by atoms with Crippen molar-refractivity contribution < 1.29 is 0 Å². The number of thiophene rings is 1. The van der Waals surface area contributed by atoms with Crippen LogP contribution in [0.3, 0.4) is 0 Å². The highest BCUT2D eigenvalue weighted by molar-refractivity contribution is 9.10. The lowest BCUT2D eigenvalue weighted by Gasteiger charge is -2.15. The third kappa shape index (κ3) is 2.01. The summed E-state index contributed by atoms with van der Waals surface area (Å²) in [6.45, 7) is 0. The van der Waals surface area contributed by atoms with E-state index < -0.39 is 0 Å². The molecule has 2 heterocycles. The summed E-state index contributed by atoms with van der Waals surface area (Å²) in [7, 11) is 1.80. The number of aromatic nitrogens is 3. The SMILES string of the molecule is Cn1nnc(Br)c1C(NN)c1sccc1Cl. The zero-order chi connectivity index (χ0) is 11.7. The summed E-state index contributed by atoms with van der Waals surface area (Å²) in [6.07, 6.45) is 0. The van der Waals surface area contributed by atoms with Crippen molar-refractivity contribution in [3.63, 3.8) is 0 Å². The first kappa shape index (κ1) is 12.0. The molecule has 0 saturated heterocycles. The highest BCUT2D eigenvalue weighted by Gasteiger charge is 2.23. The Kier molecular flexibility index (Phi) is 3.60. The van der Waals surface area contributed by atoms with Gasteiger partial charge in [-0.1, -0.05) is 16.8 Å². The molecule has 1 atom stereocenters. The number of nitrogens with zero attached hydrogens (tertiary/aromatic N) is 3. The average Bonchev–Trinajstić information content (AvgIpc) is 2.80. The Bertz CT molecular complexity index is 477. The fraction of sp³-hybridized carbons (Fsp3) is 0.250. The van der Waals surface area contributed by atoms with Crippen LogP contribution in [-0.4, -0.2) is 15.0 Å². The highest BCUT2D eigenvalue weighted by Crippen LogP contribution is 2.34. The number of rotatable bonds is 3. The lowest BCUT2D eigenvalue weighted by Crippen LogP contribution is -2.30. The lowest BCUT2D eigenvalue weighted by atomic mass is 10.2. The number of halogens is 2. The van der Waals surface area contributed by atoms with Gasteiger partial charge in [0.25, 0.3) is 0 Å². The molecule has 1 unspecified atom stereocenters. The molecule has 0 spiro atoms. The molecular weight excluding hydrogens is 314 g/mol. The maximum atomic E-state index is 6.08. The molecule has 0 aliphatic carbocycles. The molecule has 0 fully saturated rings. The van der Waals surface area contributed by atoms with Crippen LogP contribution in [0.1, 0.15) is 16.6 Å². The van der Waals surface area contributed by atoms with Gasteiger partial charge in [0.1, 0.15) is 6.04 Å². The molecule has 0 radical (unpaired) electrons. The molecule has 8 heteroatoms. The lowest BCUT2D eigenvalue weighted by molar-refractivity contribution is 0.575. The van der Waals surface area contributed by atoms with E-state index >= 15 is 0 Å². The van der Waals surface area contributed by atoms with Crippen molar-refractivity contribution >= 4 is 38.9 Å². The van der Waals surface area contributed by atoms with Crippen LogP contribution < -0.4 is 11.3 Å². The van der Waals surface area contributed by atoms with Gasteiger partial charge in [-0.15, -0.1) is 16.4 Å². The molecule has 2 aromatic rings. The number of hydrogen-bond donors (Lipinski definition) is 2. The Labute approximate surface area is 110 Å². The molecule has 2 rings (SSSR count). The standard InChI is InChI=1S/C8H9BrClN5S/c1-15-6(8(9)13-14-15)5(12-11)7-4(10)2-3-16-7/h2-3,5,12H,11H2,1H3. The number of nitrogens with two attached hydrogens (primary N) is 1. The molecule has 2 aromatic heterocycles. The second-order valence-electron chi connectivity index (χ2n) is 3.12. The molecule has 0 amide bonds. The Morgan fingerprint density at radius 2 is 2.44 bits per heavy atom. The van der Waals surface area contributed by atoms with Crippen LogP contribution in [0.5, 0.6) is 0 Å². The monoisotopic (exact) mass is 321 g/mol. The van der Waals surface area contributed by atoms with Crippen molar-refractivity contribution in [1.82, 2.24) is 20.4 Å². The van der Waals surface area contributed by atoms with E-state index in [0.717, 1.165) is 10.6 Å². The van der Waals surface area contributed by atoms with Crippen molar-refractivity contribution in [2.75, 3.05) is 0 Å². The summed E-state index contributed by atoms with van der Waals surface area (Å²) >= 11 is 11.0. The molecule has 86 valence electrons. The number of hydrazine groups is 1. The third-order valence-corrected chi connectivity index (χ3v) is 4.16. The van der Waals surface area contributed by atoms with E-state index in [-0.39, 0.29) is 6.04 Å². The minimum atomic E-state index is -0.220. The minimum Gasteiger partial charge on any atom is -0.270 e. The van der Waals surface area contributed by atoms with Crippen molar-refractivity contribution in [1.29, 1.82) is 0 Å². The van der Waals surface area contributed by atoms with Crippen molar-refractivity contribution in [2.24, 2.45) is 12.9 Å². The predicted molar refractivity (Wildman–Crippen MR) is 67.2 cm³/mol. The van der Waals surface area contributed by atoms with Gasteiger partial charge >= 0.3 is 0 Å². The number of nitrogens with one attached hydrogen (secondary N) is 1. The van der Waals surface area contributed by atoms with Crippen LogP contribution in [0.25, 0.3) is 0 Å². The zero-order valence-electron chi connectivity index (χ0n) is 8.32. The van der Waals surface area contributed by atoms with Gasteiger partial charge in [-0.3, -0.25) is 5.84 Å². The molecule has 3 N–H and O–H groups in total. The molecule has 0 bridgehead atoms.